The van der Waals surface area contributed by atoms with Crippen LogP contribution in [0, 0.1) is 13.8 Å². The lowest BCUT2D eigenvalue weighted by Crippen LogP contribution is -2.19. The van der Waals surface area contributed by atoms with Crippen molar-refractivity contribution < 1.29 is 4.79 Å². The first-order valence-corrected chi connectivity index (χ1v) is 9.16. The number of hydrogen-bond donors (Lipinski definition) is 1. The van der Waals surface area contributed by atoms with E-state index in [4.69, 9.17) is 0 Å². The van der Waals surface area contributed by atoms with Crippen LogP contribution in [0.4, 0.5) is 0 Å². The lowest BCUT2D eigenvalue weighted by Gasteiger charge is -2.04. The number of fused-ring (bicyclic) bond motifs is 1. The zero-order chi connectivity index (χ0) is 20.3. The Bertz CT molecular complexity index is 1060. The van der Waals surface area contributed by atoms with Crippen molar-refractivity contribution in [2.45, 2.75) is 40.5 Å². The fourth-order valence-electron chi connectivity index (χ4n) is 2.78. The monoisotopic (exact) mass is 376 g/mol. The number of nitrogens with one attached hydrogen (secondary N) is 1. The first-order chi connectivity index (χ1) is 13.3. The molecule has 0 fully saturated rings. The second kappa shape index (κ2) is 8.12. The molecule has 7 heteroatoms. The molecule has 0 bridgehead atoms. The maximum atomic E-state index is 12.2. The lowest BCUT2D eigenvalue weighted by molar-refractivity contribution is 0.0945. The molecular formula is C21H24N6O. The normalized spacial score (nSPS) is 12.3. The van der Waals surface area contributed by atoms with Crippen molar-refractivity contribution in [3.05, 3.63) is 64.2 Å². The molecule has 3 aromatic rings. The third-order valence-electron chi connectivity index (χ3n) is 4.25. The van der Waals surface area contributed by atoms with Crippen LogP contribution in [-0.4, -0.2) is 31.7 Å². The van der Waals surface area contributed by atoms with Crippen LogP contribution in [0.5, 0.6) is 0 Å². The summed E-state index contributed by atoms with van der Waals surface area (Å²) in [5.74, 6) is 0.455. The van der Waals surface area contributed by atoms with Crippen LogP contribution in [-0.2, 0) is 0 Å². The molecule has 0 unspecified atom stereocenters. The van der Waals surface area contributed by atoms with Crippen LogP contribution in [0.15, 0.2) is 41.0 Å². The number of carbonyl (C=O) groups is 1. The summed E-state index contributed by atoms with van der Waals surface area (Å²) in [6, 6.07) is 10.3. The minimum Gasteiger partial charge on any atom is -0.264 e. The van der Waals surface area contributed by atoms with Crippen LogP contribution >= 0.6 is 0 Å². The number of aromatic nitrogens is 4. The quantitative estimate of drug-likeness (QED) is 0.544. The van der Waals surface area contributed by atoms with Gasteiger partial charge in [0.15, 0.2) is 0 Å². The number of nitrogens with zero attached hydrogens (tertiary/aromatic N) is 5. The van der Waals surface area contributed by atoms with E-state index in [0.29, 0.717) is 11.7 Å². The standard InChI is InChI=1S/C21H24N6O/c1-13(2)18-8-6-17(7-9-18)10-14(3)12-22-25-20(28)19-24-21-23-15(4)11-16(5)27(21)26-19/h6-13H,1-5H3,(H,25,28)/b14-10-,22-12+. The molecule has 1 aromatic carbocycles. The summed E-state index contributed by atoms with van der Waals surface area (Å²) in [6.45, 7) is 10.0. The predicted octanol–water partition coefficient (Wildman–Crippen LogP) is 3.68. The first kappa shape index (κ1) is 19.4. The molecule has 1 N–H and O–H groups in total. The molecule has 144 valence electrons. The van der Waals surface area contributed by atoms with Crippen molar-refractivity contribution in [2.24, 2.45) is 5.10 Å². The largest absolute Gasteiger partial charge is 0.311 e. The molecular weight excluding hydrogens is 352 g/mol. The van der Waals surface area contributed by atoms with Crippen molar-refractivity contribution in [3.8, 4) is 0 Å². The van der Waals surface area contributed by atoms with Gasteiger partial charge in [-0.3, -0.25) is 4.79 Å². The van der Waals surface area contributed by atoms with Gasteiger partial charge in [-0.1, -0.05) is 44.2 Å². The third-order valence-corrected chi connectivity index (χ3v) is 4.25. The van der Waals surface area contributed by atoms with Crippen LogP contribution in [0.2, 0.25) is 0 Å². The van der Waals surface area contributed by atoms with Gasteiger partial charge in [0.1, 0.15) is 0 Å². The van der Waals surface area contributed by atoms with E-state index in [0.717, 1.165) is 22.5 Å². The summed E-state index contributed by atoms with van der Waals surface area (Å²) in [5, 5.41) is 8.18. The van der Waals surface area contributed by atoms with Gasteiger partial charge < -0.3 is 0 Å². The summed E-state index contributed by atoms with van der Waals surface area (Å²) >= 11 is 0. The number of benzene rings is 1. The minimum atomic E-state index is -0.479. The van der Waals surface area contributed by atoms with Gasteiger partial charge in [0, 0.05) is 11.4 Å². The highest BCUT2D eigenvalue weighted by atomic mass is 16.2. The minimum absolute atomic E-state index is 0.0317. The van der Waals surface area contributed by atoms with Crippen LogP contribution < -0.4 is 5.43 Å². The van der Waals surface area contributed by atoms with Crippen molar-refractivity contribution in [1.29, 1.82) is 0 Å². The SMILES string of the molecule is CC(=C/c1ccc(C(C)C)cc1)/C=N/NC(=O)c1nc2nc(C)cc(C)n2n1. The van der Waals surface area contributed by atoms with Gasteiger partial charge in [-0.15, -0.1) is 5.10 Å². The molecule has 0 radical (unpaired) electrons. The Balaban J connectivity index is 1.66. The molecule has 28 heavy (non-hydrogen) atoms. The Morgan fingerprint density at radius 3 is 2.57 bits per heavy atom. The zero-order valence-electron chi connectivity index (χ0n) is 16.8. The predicted molar refractivity (Wildman–Crippen MR) is 110 cm³/mol. The molecule has 0 atom stereocenters. The van der Waals surface area contributed by atoms with Gasteiger partial charge in [-0.2, -0.15) is 10.1 Å². The average Bonchev–Trinajstić information content (AvgIpc) is 3.06. The topological polar surface area (TPSA) is 84.5 Å². The number of amides is 1. The third kappa shape index (κ3) is 4.49. The fourth-order valence-corrected chi connectivity index (χ4v) is 2.78. The molecule has 0 saturated heterocycles. The maximum Gasteiger partial charge on any atom is 0.311 e. The van der Waals surface area contributed by atoms with Crippen molar-refractivity contribution in [2.75, 3.05) is 0 Å². The van der Waals surface area contributed by atoms with Gasteiger partial charge >= 0.3 is 5.91 Å². The van der Waals surface area contributed by atoms with E-state index in [2.05, 4.69) is 63.7 Å². The van der Waals surface area contributed by atoms with Crippen molar-refractivity contribution in [3.63, 3.8) is 0 Å². The Labute approximate surface area is 164 Å². The Morgan fingerprint density at radius 1 is 1.18 bits per heavy atom. The number of carbonyl (C=O) groups excluding carboxylic acids is 1. The highest BCUT2D eigenvalue weighted by molar-refractivity contribution is 5.92. The van der Waals surface area contributed by atoms with Crippen LogP contribution in [0.25, 0.3) is 11.9 Å². The van der Waals surface area contributed by atoms with E-state index in [1.54, 1.807) is 6.21 Å². The zero-order valence-corrected chi connectivity index (χ0v) is 16.8. The smallest absolute Gasteiger partial charge is 0.264 e. The molecule has 7 nitrogen and oxygen atoms in total. The van der Waals surface area contributed by atoms with E-state index in [-0.39, 0.29) is 5.82 Å². The van der Waals surface area contributed by atoms with Crippen molar-refractivity contribution >= 4 is 24.0 Å². The first-order valence-electron chi connectivity index (χ1n) is 9.16. The summed E-state index contributed by atoms with van der Waals surface area (Å²) in [7, 11) is 0. The molecule has 1 amide bonds. The number of allylic oxidation sites excluding steroid dienone is 1. The highest BCUT2D eigenvalue weighted by Gasteiger charge is 2.14. The van der Waals surface area contributed by atoms with E-state index < -0.39 is 5.91 Å². The molecule has 0 aliphatic heterocycles. The van der Waals surface area contributed by atoms with Gasteiger partial charge in [-0.05, 0) is 49.5 Å². The molecule has 0 saturated carbocycles. The van der Waals surface area contributed by atoms with Gasteiger partial charge in [0.05, 0.1) is 6.21 Å². The summed E-state index contributed by atoms with van der Waals surface area (Å²) in [6.07, 6.45) is 3.59. The van der Waals surface area contributed by atoms with Crippen molar-refractivity contribution in [1.82, 2.24) is 25.0 Å². The van der Waals surface area contributed by atoms with E-state index in [1.807, 2.05) is 32.9 Å². The summed E-state index contributed by atoms with van der Waals surface area (Å²) in [4.78, 5) is 20.7. The maximum absolute atomic E-state index is 12.2. The number of hydrazone groups is 1. The lowest BCUT2D eigenvalue weighted by atomic mass is 10.0. The molecule has 0 aliphatic carbocycles. The highest BCUT2D eigenvalue weighted by Crippen LogP contribution is 2.16. The summed E-state index contributed by atoms with van der Waals surface area (Å²) < 4.78 is 1.54. The molecule has 0 spiro atoms. The van der Waals surface area contributed by atoms with Crippen LogP contribution in [0.1, 0.15) is 59.8 Å². The fraction of sp³-hybridized carbons (Fsp3) is 0.286. The Morgan fingerprint density at radius 2 is 1.89 bits per heavy atom. The van der Waals surface area contributed by atoms with Gasteiger partial charge in [0.2, 0.25) is 5.82 Å². The van der Waals surface area contributed by atoms with E-state index in [9.17, 15) is 4.79 Å². The molecule has 2 heterocycles. The second-order valence-electron chi connectivity index (χ2n) is 7.09. The van der Waals surface area contributed by atoms with Crippen LogP contribution in [0.3, 0.4) is 0 Å². The molecule has 2 aromatic heterocycles. The van der Waals surface area contributed by atoms with Gasteiger partial charge in [0.25, 0.3) is 5.78 Å². The molecule has 0 aliphatic rings. The van der Waals surface area contributed by atoms with E-state index in [1.165, 1.54) is 10.1 Å². The number of hydrogen-bond acceptors (Lipinski definition) is 5. The average molecular weight is 376 g/mol. The number of rotatable bonds is 5. The number of aryl methyl sites for hydroxylation is 2. The summed E-state index contributed by atoms with van der Waals surface area (Å²) in [5.41, 5.74) is 7.44. The molecule has 3 rings (SSSR count). The Hall–Kier alpha value is -3.35. The van der Waals surface area contributed by atoms with E-state index >= 15 is 0 Å². The second-order valence-corrected chi connectivity index (χ2v) is 7.09. The van der Waals surface area contributed by atoms with Gasteiger partial charge in [-0.25, -0.2) is 14.9 Å². The Kier molecular flexibility index (Phi) is 5.63.